The fourth-order valence-electron chi connectivity index (χ4n) is 7.28. The minimum atomic E-state index is -1.53. The van der Waals surface area contributed by atoms with Crippen LogP contribution in [0.4, 0.5) is 14.7 Å². The number of carboxylic acid groups (broad SMARTS) is 1. The average molecular weight is 792 g/mol. The Bertz CT molecular complexity index is 2010. The van der Waals surface area contributed by atoms with E-state index in [2.05, 4.69) is 32.8 Å². The van der Waals surface area contributed by atoms with Gasteiger partial charge >= 0.3 is 18.1 Å². The molecule has 3 aromatic rings. The molecule has 17 heteroatoms. The molecule has 5 unspecified atom stereocenters. The van der Waals surface area contributed by atoms with E-state index in [1.165, 1.54) is 22.3 Å². The second-order valence-electron chi connectivity index (χ2n) is 15.5. The van der Waals surface area contributed by atoms with Gasteiger partial charge in [-0.15, -0.1) is 17.9 Å². The molecule has 1 aliphatic heterocycles. The van der Waals surface area contributed by atoms with Crippen LogP contribution in [-0.4, -0.2) is 99.9 Å². The monoisotopic (exact) mass is 791 g/mol. The van der Waals surface area contributed by atoms with E-state index in [9.17, 15) is 29.1 Å². The maximum Gasteiger partial charge on any atom is 0.408 e. The number of amides is 5. The van der Waals surface area contributed by atoms with E-state index in [0.29, 0.717) is 45.5 Å². The van der Waals surface area contributed by atoms with E-state index in [-0.39, 0.29) is 25.5 Å². The standard InChI is InChI=1S/C39H49N7O9S/c1-7-21-18-39(21,34(49)50)45-32(47)29-16-24(19-46(29)33(48)31(38(3,4)5)43-37(52)55-22-11-9-10-12-22)54-30-17-27(41-26-15-23(53-6)13-14-25(26)30)28-20-56-36(42-28)44-35(51)40-8-2/h7,13-15,17,20-22,24,29,31H,1,8-12,16,18-19H2,2-6H3,(H,43,52)(H,45,47)(H,49,50)(H2,40,42,44,51). The molecular weight excluding hydrogens is 743 g/mol. The lowest BCUT2D eigenvalue weighted by Crippen LogP contribution is -2.59. The Morgan fingerprint density at radius 3 is 2.50 bits per heavy atom. The number of benzene rings is 1. The molecule has 0 radical (unpaired) electrons. The van der Waals surface area contributed by atoms with Gasteiger partial charge in [-0.1, -0.05) is 26.8 Å². The number of aliphatic carboxylic acids is 1. The zero-order valence-corrected chi connectivity index (χ0v) is 33.0. The van der Waals surface area contributed by atoms with Crippen molar-refractivity contribution in [1.82, 2.24) is 30.8 Å². The summed E-state index contributed by atoms with van der Waals surface area (Å²) in [4.78, 5) is 77.0. The zero-order chi connectivity index (χ0) is 40.4. The zero-order valence-electron chi connectivity index (χ0n) is 32.2. The van der Waals surface area contributed by atoms with Gasteiger partial charge in [0.1, 0.15) is 47.0 Å². The number of carboxylic acids is 1. The maximum atomic E-state index is 14.6. The van der Waals surface area contributed by atoms with E-state index in [4.69, 9.17) is 19.2 Å². The molecule has 16 nitrogen and oxygen atoms in total. The van der Waals surface area contributed by atoms with E-state index in [1.54, 1.807) is 64.5 Å². The number of methoxy groups -OCH3 is 1. The van der Waals surface area contributed by atoms with Gasteiger partial charge < -0.3 is 40.2 Å². The number of hydrogen-bond donors (Lipinski definition) is 5. The SMILES string of the molecule is C=CC1CC1(NC(=O)C1CC(Oc2cc(-c3csc(NC(=O)NCC)n3)nc3cc(OC)ccc23)CN1C(=O)C(NC(=O)OC1CCCC1)C(C)(C)C)C(=O)O. The number of aromatic nitrogens is 2. The highest BCUT2D eigenvalue weighted by Crippen LogP contribution is 2.45. The van der Waals surface area contributed by atoms with Crippen LogP contribution in [0.15, 0.2) is 42.3 Å². The first-order valence-electron chi connectivity index (χ1n) is 18.8. The summed E-state index contributed by atoms with van der Waals surface area (Å²) in [6.07, 6.45) is 3.40. The number of carbonyl (C=O) groups is 5. The number of nitrogens with zero attached hydrogens (tertiary/aromatic N) is 3. The molecule has 3 heterocycles. The van der Waals surface area contributed by atoms with Crippen molar-refractivity contribution in [2.24, 2.45) is 11.3 Å². The molecule has 2 saturated carbocycles. The Morgan fingerprint density at radius 1 is 1.11 bits per heavy atom. The van der Waals surface area contributed by atoms with Crippen LogP contribution in [0.25, 0.3) is 22.3 Å². The quantitative estimate of drug-likeness (QED) is 0.144. The van der Waals surface area contributed by atoms with Gasteiger partial charge in [0.2, 0.25) is 11.8 Å². The first kappa shape index (κ1) is 40.2. The Kier molecular flexibility index (Phi) is 11.7. The van der Waals surface area contributed by atoms with Crippen LogP contribution in [-0.2, 0) is 19.1 Å². The van der Waals surface area contributed by atoms with Crippen molar-refractivity contribution >= 4 is 57.3 Å². The van der Waals surface area contributed by atoms with Crippen molar-refractivity contribution in [3.05, 3.63) is 42.3 Å². The lowest BCUT2D eigenvalue weighted by Gasteiger charge is -2.35. The summed E-state index contributed by atoms with van der Waals surface area (Å²) in [7, 11) is 1.54. The van der Waals surface area contributed by atoms with E-state index >= 15 is 0 Å². The first-order valence-corrected chi connectivity index (χ1v) is 19.7. The Morgan fingerprint density at radius 2 is 1.86 bits per heavy atom. The van der Waals surface area contributed by atoms with Gasteiger partial charge in [0.15, 0.2) is 5.13 Å². The number of nitrogens with one attached hydrogen (secondary N) is 4. The molecule has 5 N–H and O–H groups in total. The van der Waals surface area contributed by atoms with Crippen LogP contribution in [0.2, 0.25) is 0 Å². The van der Waals surface area contributed by atoms with Crippen LogP contribution in [0.1, 0.15) is 66.2 Å². The highest BCUT2D eigenvalue weighted by molar-refractivity contribution is 7.14. The van der Waals surface area contributed by atoms with Crippen molar-refractivity contribution in [1.29, 1.82) is 0 Å². The van der Waals surface area contributed by atoms with Gasteiger partial charge in [0.25, 0.3) is 0 Å². The maximum absolute atomic E-state index is 14.6. The molecule has 0 bridgehead atoms. The van der Waals surface area contributed by atoms with Crippen molar-refractivity contribution in [2.45, 2.75) is 96.1 Å². The van der Waals surface area contributed by atoms with E-state index < -0.39 is 65.0 Å². The Balaban J connectivity index is 1.32. The highest BCUT2D eigenvalue weighted by atomic mass is 32.1. The fourth-order valence-corrected chi connectivity index (χ4v) is 7.98. The summed E-state index contributed by atoms with van der Waals surface area (Å²) < 4.78 is 17.8. The number of anilines is 1. The van der Waals surface area contributed by atoms with Crippen LogP contribution in [0.3, 0.4) is 0 Å². The van der Waals surface area contributed by atoms with Gasteiger partial charge in [-0.3, -0.25) is 14.9 Å². The van der Waals surface area contributed by atoms with E-state index in [0.717, 1.165) is 25.7 Å². The van der Waals surface area contributed by atoms with Gasteiger partial charge in [-0.05, 0) is 56.6 Å². The van der Waals surface area contributed by atoms with Gasteiger partial charge in [-0.2, -0.15) is 0 Å². The number of carbonyl (C=O) groups excluding carboxylic acids is 4. The second-order valence-corrected chi connectivity index (χ2v) is 16.3. The Labute approximate surface area is 328 Å². The largest absolute Gasteiger partial charge is 0.497 e. The summed E-state index contributed by atoms with van der Waals surface area (Å²) in [5.74, 6) is -1.92. The molecule has 1 saturated heterocycles. The third-order valence-electron chi connectivity index (χ3n) is 10.4. The van der Waals surface area contributed by atoms with E-state index in [1.807, 2.05) is 0 Å². The predicted molar refractivity (Wildman–Crippen MR) is 209 cm³/mol. The van der Waals surface area contributed by atoms with Crippen molar-refractivity contribution in [3.8, 4) is 22.9 Å². The third kappa shape index (κ3) is 8.67. The molecule has 5 amide bonds. The summed E-state index contributed by atoms with van der Waals surface area (Å²) in [5.41, 5.74) is -0.903. The molecule has 3 fully saturated rings. The fraction of sp³-hybridized carbons (Fsp3) is 0.513. The topological polar surface area (TPSA) is 210 Å². The summed E-state index contributed by atoms with van der Waals surface area (Å²) in [5, 5.41) is 23.7. The first-order chi connectivity index (χ1) is 26.6. The van der Waals surface area contributed by atoms with Crippen LogP contribution < -0.4 is 30.7 Å². The molecule has 6 rings (SSSR count). The molecule has 1 aromatic carbocycles. The third-order valence-corrected chi connectivity index (χ3v) is 11.2. The van der Waals surface area contributed by atoms with Crippen molar-refractivity contribution < 1.29 is 43.3 Å². The number of pyridine rings is 1. The number of rotatable bonds is 13. The molecule has 2 aromatic heterocycles. The lowest BCUT2D eigenvalue weighted by atomic mass is 9.85. The van der Waals surface area contributed by atoms with Gasteiger partial charge in [0, 0.05) is 41.8 Å². The number of likely N-dealkylation sites (tertiary alicyclic amines) is 1. The number of alkyl carbamates (subject to hydrolysis) is 1. The number of hydrogen-bond acceptors (Lipinski definition) is 11. The minimum absolute atomic E-state index is 0.0159. The molecule has 0 spiro atoms. The lowest BCUT2D eigenvalue weighted by molar-refractivity contribution is -0.146. The number of ether oxygens (including phenoxy) is 3. The summed E-state index contributed by atoms with van der Waals surface area (Å²) in [6.45, 7) is 11.3. The molecule has 5 atom stereocenters. The summed E-state index contributed by atoms with van der Waals surface area (Å²) >= 11 is 1.22. The molecule has 56 heavy (non-hydrogen) atoms. The summed E-state index contributed by atoms with van der Waals surface area (Å²) in [6, 6.07) is 4.38. The average Bonchev–Trinajstić information content (AvgIpc) is 3.56. The molecular formula is C39H49N7O9S. The number of urea groups is 1. The van der Waals surface area contributed by atoms with Crippen LogP contribution >= 0.6 is 11.3 Å². The van der Waals surface area contributed by atoms with Crippen LogP contribution in [0, 0.1) is 11.3 Å². The van der Waals surface area contributed by atoms with Crippen LogP contribution in [0.5, 0.6) is 11.5 Å². The van der Waals surface area contributed by atoms with Crippen molar-refractivity contribution in [2.75, 3.05) is 25.5 Å². The Hall–Kier alpha value is -5.45. The second kappa shape index (κ2) is 16.3. The number of fused-ring (bicyclic) bond motifs is 1. The minimum Gasteiger partial charge on any atom is -0.497 e. The highest BCUT2D eigenvalue weighted by Gasteiger charge is 2.61. The molecule has 300 valence electrons. The van der Waals surface area contributed by atoms with Gasteiger partial charge in [0.05, 0.1) is 24.9 Å². The molecule has 3 aliphatic rings. The predicted octanol–water partition coefficient (Wildman–Crippen LogP) is 5.09. The smallest absolute Gasteiger partial charge is 0.408 e. The number of thiazole rings is 1. The molecule has 2 aliphatic carbocycles. The van der Waals surface area contributed by atoms with Gasteiger partial charge in [-0.25, -0.2) is 24.4 Å². The normalized spacial score (nSPS) is 22.5. The van der Waals surface area contributed by atoms with Crippen molar-refractivity contribution in [3.63, 3.8) is 0 Å².